The van der Waals surface area contributed by atoms with Gasteiger partial charge in [-0.1, -0.05) is 247 Å². The summed E-state index contributed by atoms with van der Waals surface area (Å²) in [5.41, 5.74) is 0. The van der Waals surface area contributed by atoms with Gasteiger partial charge in [-0.05, 0) is 31.1 Å². The summed E-state index contributed by atoms with van der Waals surface area (Å²) in [5.74, 6) is 0.786. The van der Waals surface area contributed by atoms with E-state index in [0.29, 0.717) is 19.3 Å². The summed E-state index contributed by atoms with van der Waals surface area (Å²) in [7, 11) is 0. The maximum Gasteiger partial charge on any atom is 0.306 e. The fourth-order valence-corrected chi connectivity index (χ4v) is 7.81. The van der Waals surface area contributed by atoms with Gasteiger partial charge in [0.15, 0.2) is 6.10 Å². The number of hydrogen-bond donors (Lipinski definition) is 0. The van der Waals surface area contributed by atoms with Crippen molar-refractivity contribution in [2.24, 2.45) is 11.8 Å². The molecule has 344 valence electrons. The van der Waals surface area contributed by atoms with Crippen molar-refractivity contribution in [2.75, 3.05) is 13.2 Å². The molecule has 0 rings (SSSR count). The summed E-state index contributed by atoms with van der Waals surface area (Å²) >= 11 is 0. The zero-order valence-electron chi connectivity index (χ0n) is 39.7. The molecule has 0 aliphatic rings. The van der Waals surface area contributed by atoms with Crippen molar-refractivity contribution in [3.05, 3.63) is 0 Å². The second kappa shape index (κ2) is 44.9. The minimum absolute atomic E-state index is 0.0644. The van der Waals surface area contributed by atoms with Crippen LogP contribution in [0, 0.1) is 11.8 Å². The van der Waals surface area contributed by atoms with Crippen LogP contribution in [0.5, 0.6) is 0 Å². The Balaban J connectivity index is 4.14. The van der Waals surface area contributed by atoms with Gasteiger partial charge in [-0.2, -0.15) is 0 Å². The average molecular weight is 821 g/mol. The van der Waals surface area contributed by atoms with Crippen LogP contribution in [-0.2, 0) is 28.6 Å². The Morgan fingerprint density at radius 2 is 0.569 bits per heavy atom. The Hall–Kier alpha value is -1.59. The van der Waals surface area contributed by atoms with Crippen LogP contribution in [0.3, 0.4) is 0 Å². The third kappa shape index (κ3) is 45.5. The second-order valence-electron chi connectivity index (χ2n) is 18.8. The van der Waals surface area contributed by atoms with Gasteiger partial charge in [-0.3, -0.25) is 14.4 Å². The molecule has 0 amide bonds. The van der Waals surface area contributed by atoms with Crippen LogP contribution in [0.4, 0.5) is 0 Å². The van der Waals surface area contributed by atoms with Crippen molar-refractivity contribution in [1.29, 1.82) is 0 Å². The Labute approximate surface area is 361 Å². The Morgan fingerprint density at radius 1 is 0.328 bits per heavy atom. The van der Waals surface area contributed by atoms with Gasteiger partial charge in [-0.25, -0.2) is 0 Å². The molecule has 0 aromatic carbocycles. The molecule has 58 heavy (non-hydrogen) atoms. The van der Waals surface area contributed by atoms with Crippen LogP contribution >= 0.6 is 0 Å². The first-order valence-corrected chi connectivity index (χ1v) is 25.7. The van der Waals surface area contributed by atoms with Crippen LogP contribution in [0.1, 0.15) is 285 Å². The minimum atomic E-state index is -0.760. The van der Waals surface area contributed by atoms with Crippen LogP contribution in [0.2, 0.25) is 0 Å². The number of hydrogen-bond acceptors (Lipinski definition) is 6. The van der Waals surface area contributed by atoms with Gasteiger partial charge in [0.1, 0.15) is 13.2 Å². The lowest BCUT2D eigenvalue weighted by molar-refractivity contribution is -0.167. The zero-order valence-corrected chi connectivity index (χ0v) is 39.7. The van der Waals surface area contributed by atoms with Gasteiger partial charge in [0, 0.05) is 19.3 Å². The predicted octanol–water partition coefficient (Wildman–Crippen LogP) is 16.5. The molecular weight excluding hydrogens is 721 g/mol. The van der Waals surface area contributed by atoms with Gasteiger partial charge in [0.05, 0.1) is 0 Å². The van der Waals surface area contributed by atoms with Crippen molar-refractivity contribution in [3.8, 4) is 0 Å². The Morgan fingerprint density at radius 3 is 0.845 bits per heavy atom. The van der Waals surface area contributed by atoms with Crippen molar-refractivity contribution >= 4 is 17.9 Å². The molecule has 0 N–H and O–H groups in total. The summed E-state index contributed by atoms with van der Waals surface area (Å²) in [4.78, 5) is 37.8. The number of esters is 3. The highest BCUT2D eigenvalue weighted by molar-refractivity contribution is 5.71. The van der Waals surface area contributed by atoms with Crippen LogP contribution in [0.25, 0.3) is 0 Å². The molecular formula is C52H100O6. The second-order valence-corrected chi connectivity index (χ2v) is 18.8. The molecule has 0 spiro atoms. The standard InChI is InChI=1S/C52H100O6/c1-6-7-8-9-10-21-28-34-39-44-52(55)58-49(46-57-51(54)43-38-33-29-24-26-31-36-41-48(4)5)45-56-50(53)42-37-32-27-23-20-18-16-14-12-11-13-15-17-19-22-25-30-35-40-47(2)3/h47-49H,6-46H2,1-5H3/t49-/m0/s1. The number of ether oxygens (including phenoxy) is 3. The predicted molar refractivity (Wildman–Crippen MR) is 247 cm³/mol. The van der Waals surface area contributed by atoms with E-state index in [1.807, 2.05) is 0 Å². The average Bonchev–Trinajstić information content (AvgIpc) is 3.19. The van der Waals surface area contributed by atoms with E-state index in [0.717, 1.165) is 69.6 Å². The molecule has 0 saturated heterocycles. The van der Waals surface area contributed by atoms with Gasteiger partial charge >= 0.3 is 17.9 Å². The van der Waals surface area contributed by atoms with E-state index < -0.39 is 6.10 Å². The van der Waals surface area contributed by atoms with Crippen LogP contribution < -0.4 is 0 Å². The smallest absolute Gasteiger partial charge is 0.306 e. The number of rotatable bonds is 46. The normalized spacial score (nSPS) is 12.1. The van der Waals surface area contributed by atoms with Gasteiger partial charge < -0.3 is 14.2 Å². The van der Waals surface area contributed by atoms with Crippen molar-refractivity contribution < 1.29 is 28.6 Å². The first kappa shape index (κ1) is 56.4. The summed E-state index contributed by atoms with van der Waals surface area (Å²) in [5, 5.41) is 0. The topological polar surface area (TPSA) is 78.9 Å². The zero-order chi connectivity index (χ0) is 42.6. The largest absolute Gasteiger partial charge is 0.462 e. The fraction of sp³-hybridized carbons (Fsp3) is 0.942. The highest BCUT2D eigenvalue weighted by atomic mass is 16.6. The molecule has 0 aromatic rings. The first-order chi connectivity index (χ1) is 28.2. The third-order valence-corrected chi connectivity index (χ3v) is 11.7. The highest BCUT2D eigenvalue weighted by Crippen LogP contribution is 2.17. The molecule has 0 saturated carbocycles. The van der Waals surface area contributed by atoms with Gasteiger partial charge in [-0.15, -0.1) is 0 Å². The van der Waals surface area contributed by atoms with E-state index in [-0.39, 0.29) is 31.1 Å². The first-order valence-electron chi connectivity index (χ1n) is 25.7. The minimum Gasteiger partial charge on any atom is -0.462 e. The molecule has 0 radical (unpaired) electrons. The number of carbonyl (C=O) groups is 3. The Kier molecular flexibility index (Phi) is 43.7. The van der Waals surface area contributed by atoms with E-state index in [2.05, 4.69) is 34.6 Å². The van der Waals surface area contributed by atoms with Crippen molar-refractivity contribution in [3.63, 3.8) is 0 Å². The van der Waals surface area contributed by atoms with Crippen LogP contribution in [0.15, 0.2) is 0 Å². The molecule has 0 aromatic heterocycles. The lowest BCUT2D eigenvalue weighted by Gasteiger charge is -2.18. The summed E-state index contributed by atoms with van der Waals surface area (Å²) in [6.45, 7) is 11.3. The molecule has 0 bridgehead atoms. The molecule has 1 atom stereocenters. The van der Waals surface area contributed by atoms with Gasteiger partial charge in [0.2, 0.25) is 0 Å². The lowest BCUT2D eigenvalue weighted by atomic mass is 10.0. The third-order valence-electron chi connectivity index (χ3n) is 11.7. The highest BCUT2D eigenvalue weighted by Gasteiger charge is 2.19. The molecule has 6 heteroatoms. The monoisotopic (exact) mass is 821 g/mol. The fourth-order valence-electron chi connectivity index (χ4n) is 7.81. The summed E-state index contributed by atoms with van der Waals surface area (Å²) in [6, 6.07) is 0. The van der Waals surface area contributed by atoms with Gasteiger partial charge in [0.25, 0.3) is 0 Å². The van der Waals surface area contributed by atoms with Crippen molar-refractivity contribution in [1.82, 2.24) is 0 Å². The van der Waals surface area contributed by atoms with E-state index in [1.54, 1.807) is 0 Å². The SMILES string of the molecule is CCCCCCCCCCCC(=O)O[C@@H](COC(=O)CCCCCCCCCCCCCCCCCCCCC(C)C)COC(=O)CCCCCCCCCC(C)C. The molecule has 0 heterocycles. The van der Waals surface area contributed by atoms with Crippen LogP contribution in [-0.4, -0.2) is 37.2 Å². The quantitative estimate of drug-likeness (QED) is 0.0346. The summed E-state index contributed by atoms with van der Waals surface area (Å²) in [6.07, 6.45) is 45.4. The Bertz CT molecular complexity index is 885. The molecule has 0 unspecified atom stereocenters. The number of carbonyl (C=O) groups excluding carboxylic acids is 3. The number of unbranched alkanes of at least 4 members (excludes halogenated alkanes) is 31. The summed E-state index contributed by atoms with van der Waals surface area (Å²) < 4.78 is 16.7. The molecule has 0 aliphatic carbocycles. The molecule has 6 nitrogen and oxygen atoms in total. The molecule has 0 aliphatic heterocycles. The van der Waals surface area contributed by atoms with E-state index >= 15 is 0 Å². The van der Waals surface area contributed by atoms with Crippen molar-refractivity contribution in [2.45, 2.75) is 291 Å². The van der Waals surface area contributed by atoms with E-state index in [4.69, 9.17) is 14.2 Å². The van der Waals surface area contributed by atoms with E-state index in [1.165, 1.54) is 173 Å². The maximum atomic E-state index is 12.7. The van der Waals surface area contributed by atoms with E-state index in [9.17, 15) is 14.4 Å². The molecule has 0 fully saturated rings. The lowest BCUT2D eigenvalue weighted by Crippen LogP contribution is -2.30. The maximum absolute atomic E-state index is 12.7.